The smallest absolute Gasteiger partial charge is 0.330 e. The third-order valence-electron chi connectivity index (χ3n) is 6.69. The lowest BCUT2D eigenvalue weighted by molar-refractivity contribution is -0.156. The Kier molecular flexibility index (Phi) is 92.1. The Morgan fingerprint density at radius 2 is 0.463 bits per heavy atom. The van der Waals surface area contributed by atoms with Gasteiger partial charge in [0.2, 0.25) is 0 Å². The minimum absolute atomic E-state index is 0. The molecule has 0 saturated carbocycles. The second-order valence-electron chi connectivity index (χ2n) is 11.4. The predicted molar refractivity (Wildman–Crippen MR) is 274 cm³/mol. The summed E-state index contributed by atoms with van der Waals surface area (Å²) in [5, 5.41) is 9.41. The molecular formula is C49H104O18. The zero-order chi connectivity index (χ0) is 41.0. The minimum Gasteiger partial charge on any atom is -0.460 e. The van der Waals surface area contributed by atoms with Gasteiger partial charge < -0.3 is 61.9 Å². The largest absolute Gasteiger partial charge is 0.460 e. The molecule has 0 unspecified atom stereocenters. The molecule has 1 N–H and O–H groups in total. The van der Waals surface area contributed by atoms with E-state index < -0.39 is 40.7 Å². The summed E-state index contributed by atoms with van der Waals surface area (Å²) in [6.45, 7) is 15.7. The van der Waals surface area contributed by atoms with Gasteiger partial charge in [0.1, 0.15) is 33.0 Å². The molecule has 0 bridgehead atoms. The van der Waals surface area contributed by atoms with E-state index in [2.05, 4.69) is 32.9 Å². The van der Waals surface area contributed by atoms with E-state index in [1.807, 2.05) is 0 Å². The van der Waals surface area contributed by atoms with E-state index >= 15 is 0 Å². The molecule has 0 aromatic carbocycles. The van der Waals surface area contributed by atoms with E-state index in [4.69, 9.17) is 56.8 Å². The standard InChI is InChI=1S/C37H56O18.12CH4/c1-6-31(39)51-18-13-45-24-36(23-44-12-11-38,25-46-14-19-52-32(40)7-2)29-50-30-37(26-47-15-20-53-33(41)8-3,27-48-16-21-54-34(42)9-4)28-49-17-22-55-35(43)10-5;;;;;;;;;;;;/h6-10,38H,1-5,11-30H2;12*1H4. The van der Waals surface area contributed by atoms with Crippen LogP contribution in [0.25, 0.3) is 0 Å². The molecule has 0 heterocycles. The van der Waals surface area contributed by atoms with Crippen molar-refractivity contribution in [2.45, 2.75) is 89.1 Å². The molecule has 408 valence electrons. The first-order valence-corrected chi connectivity index (χ1v) is 17.2. The van der Waals surface area contributed by atoms with E-state index in [9.17, 15) is 29.1 Å². The number of rotatable bonds is 38. The van der Waals surface area contributed by atoms with E-state index in [0.29, 0.717) is 0 Å². The lowest BCUT2D eigenvalue weighted by Crippen LogP contribution is -2.46. The highest BCUT2D eigenvalue weighted by atomic mass is 16.6. The summed E-state index contributed by atoms with van der Waals surface area (Å²) < 4.78 is 66.4. The number of hydrogen-bond acceptors (Lipinski definition) is 18. The summed E-state index contributed by atoms with van der Waals surface area (Å²) in [6.07, 6.45) is 5.09. The first kappa shape index (κ1) is 96.7. The predicted octanol–water partition coefficient (Wildman–Crippen LogP) is 8.35. The van der Waals surface area contributed by atoms with Gasteiger partial charge in [0.05, 0.1) is 110 Å². The van der Waals surface area contributed by atoms with Crippen molar-refractivity contribution < 1.29 is 85.9 Å². The summed E-state index contributed by atoms with van der Waals surface area (Å²) in [4.78, 5) is 57.5. The van der Waals surface area contributed by atoms with Crippen LogP contribution in [0, 0.1) is 10.8 Å². The molecule has 0 radical (unpaired) electrons. The van der Waals surface area contributed by atoms with Gasteiger partial charge >= 0.3 is 29.8 Å². The van der Waals surface area contributed by atoms with E-state index in [1.54, 1.807) is 0 Å². The van der Waals surface area contributed by atoms with Gasteiger partial charge in [0.15, 0.2) is 0 Å². The van der Waals surface area contributed by atoms with Gasteiger partial charge in [-0.3, -0.25) is 0 Å². The van der Waals surface area contributed by atoms with E-state index in [1.165, 1.54) is 0 Å². The molecule has 0 aliphatic rings. The van der Waals surface area contributed by atoms with Crippen LogP contribution in [0.15, 0.2) is 63.3 Å². The molecule has 0 aliphatic carbocycles. The van der Waals surface area contributed by atoms with Crippen LogP contribution in [0.1, 0.15) is 89.1 Å². The molecule has 0 rings (SSSR count). The Labute approximate surface area is 410 Å². The maximum atomic E-state index is 11.5. The van der Waals surface area contributed by atoms with Crippen LogP contribution in [0.5, 0.6) is 0 Å². The van der Waals surface area contributed by atoms with Crippen molar-refractivity contribution in [3.8, 4) is 0 Å². The zero-order valence-electron chi connectivity index (χ0n) is 31.5. The van der Waals surface area contributed by atoms with Gasteiger partial charge in [-0.25, -0.2) is 24.0 Å². The van der Waals surface area contributed by atoms with Crippen molar-refractivity contribution in [3.63, 3.8) is 0 Å². The van der Waals surface area contributed by atoms with Crippen molar-refractivity contribution in [2.75, 3.05) is 132 Å². The van der Waals surface area contributed by atoms with Gasteiger partial charge in [0, 0.05) is 30.4 Å². The van der Waals surface area contributed by atoms with Gasteiger partial charge in [0.25, 0.3) is 0 Å². The molecule has 0 spiro atoms. The van der Waals surface area contributed by atoms with Crippen molar-refractivity contribution >= 4 is 29.8 Å². The number of carbonyl (C=O) groups is 5. The molecule has 0 saturated heterocycles. The van der Waals surface area contributed by atoms with Crippen LogP contribution in [0.3, 0.4) is 0 Å². The van der Waals surface area contributed by atoms with Crippen LogP contribution < -0.4 is 0 Å². The van der Waals surface area contributed by atoms with Crippen molar-refractivity contribution in [1.29, 1.82) is 0 Å². The van der Waals surface area contributed by atoms with E-state index in [0.717, 1.165) is 30.4 Å². The van der Waals surface area contributed by atoms with Crippen molar-refractivity contribution in [1.82, 2.24) is 0 Å². The Hall–Kier alpha value is -4.27. The molecule has 18 heteroatoms. The molecule has 18 nitrogen and oxygen atoms in total. The van der Waals surface area contributed by atoms with Gasteiger partial charge in [-0.15, -0.1) is 0 Å². The average molecular weight is 981 g/mol. The molecule has 0 aromatic rings. The average Bonchev–Trinajstić information content (AvgIpc) is 3.19. The normalized spacial score (nSPS) is 9.15. The highest BCUT2D eigenvalue weighted by Gasteiger charge is 2.37. The fourth-order valence-electron chi connectivity index (χ4n) is 4.08. The van der Waals surface area contributed by atoms with Crippen LogP contribution in [0.2, 0.25) is 0 Å². The number of esters is 5. The fraction of sp³-hybridized carbons (Fsp3) is 0.694. The Morgan fingerprint density at radius 3 is 0.627 bits per heavy atom. The SMILES string of the molecule is C.C.C.C.C.C.C.C.C.C.C.C.C=CC(=O)OCCOCC(COCCO)(COCCOC(=O)C=C)COCC(COCCOC(=O)C=C)(COCCOC(=O)C=C)COCCOC(=O)C=C. The molecular weight excluding hydrogens is 877 g/mol. The lowest BCUT2D eigenvalue weighted by Gasteiger charge is -2.36. The van der Waals surface area contributed by atoms with Crippen LogP contribution in [0.4, 0.5) is 0 Å². The van der Waals surface area contributed by atoms with Gasteiger partial charge in [-0.05, 0) is 0 Å². The summed E-state index contributed by atoms with van der Waals surface area (Å²) in [7, 11) is 0. The summed E-state index contributed by atoms with van der Waals surface area (Å²) in [5.41, 5.74) is -2.10. The maximum Gasteiger partial charge on any atom is 0.330 e. The van der Waals surface area contributed by atoms with Crippen molar-refractivity contribution in [2.24, 2.45) is 10.8 Å². The monoisotopic (exact) mass is 981 g/mol. The molecule has 0 atom stereocenters. The molecule has 67 heavy (non-hydrogen) atoms. The van der Waals surface area contributed by atoms with E-state index in [-0.39, 0.29) is 221 Å². The van der Waals surface area contributed by atoms with Crippen LogP contribution >= 0.6 is 0 Å². The van der Waals surface area contributed by atoms with Crippen LogP contribution in [-0.4, -0.2) is 167 Å². The second-order valence-corrected chi connectivity index (χ2v) is 11.4. The Balaban J connectivity index is -0.000000221. The number of aliphatic hydroxyl groups excluding tert-OH is 1. The molecule has 0 aromatic heterocycles. The van der Waals surface area contributed by atoms with Crippen molar-refractivity contribution in [3.05, 3.63) is 63.3 Å². The quantitative estimate of drug-likeness (QED) is 0.0266. The Bertz CT molecular complexity index is 1070. The molecule has 0 fully saturated rings. The third-order valence-corrected chi connectivity index (χ3v) is 6.69. The summed E-state index contributed by atoms with van der Waals surface area (Å²) in [5.74, 6) is -3.14. The van der Waals surface area contributed by atoms with Crippen LogP contribution in [-0.2, 0) is 80.8 Å². The van der Waals surface area contributed by atoms with Gasteiger partial charge in [-0.2, -0.15) is 0 Å². The molecule has 0 amide bonds. The summed E-state index contributed by atoms with van der Waals surface area (Å²) in [6, 6.07) is 0. The van der Waals surface area contributed by atoms with Gasteiger partial charge in [-0.1, -0.05) is 122 Å². The topological polar surface area (TPSA) is 216 Å². The third kappa shape index (κ3) is 52.6. The highest BCUT2D eigenvalue weighted by molar-refractivity contribution is 5.82. The fourth-order valence-corrected chi connectivity index (χ4v) is 4.08. The summed E-state index contributed by atoms with van der Waals surface area (Å²) >= 11 is 0. The Morgan fingerprint density at radius 1 is 0.299 bits per heavy atom. The first-order chi connectivity index (χ1) is 26.5. The number of ether oxygens (including phenoxy) is 12. The second kappa shape index (κ2) is 63.8. The lowest BCUT2D eigenvalue weighted by atomic mass is 9.90. The first-order valence-electron chi connectivity index (χ1n) is 17.2. The highest BCUT2D eigenvalue weighted by Crippen LogP contribution is 2.25. The zero-order valence-corrected chi connectivity index (χ0v) is 31.5. The number of carbonyl (C=O) groups excluding carboxylic acids is 5. The molecule has 0 aliphatic heterocycles. The number of aliphatic hydroxyl groups is 1. The number of hydrogen-bond donors (Lipinski definition) is 1. The minimum atomic E-state index is -1.06. The maximum absolute atomic E-state index is 11.5.